The normalized spacial score (nSPS) is 31.5. The number of hydrogen-bond donors (Lipinski definition) is 1. The third-order valence-electron chi connectivity index (χ3n) is 5.08. The number of halogens is 2. The zero-order valence-electron chi connectivity index (χ0n) is 11.7. The van der Waals surface area contributed by atoms with Crippen LogP contribution in [0.3, 0.4) is 0 Å². The predicted molar refractivity (Wildman–Crippen MR) is 73.2 cm³/mol. The smallest absolute Gasteiger partial charge is 0.159 e. The molecule has 0 spiro atoms. The third-order valence-corrected chi connectivity index (χ3v) is 5.08. The molecule has 2 heterocycles. The topological polar surface area (TPSA) is 23.5 Å². The van der Waals surface area contributed by atoms with Gasteiger partial charge in [0.1, 0.15) is 0 Å². The van der Waals surface area contributed by atoms with Gasteiger partial charge < -0.3 is 10.0 Å². The van der Waals surface area contributed by atoms with Crippen LogP contribution in [0.5, 0.6) is 0 Å². The molecule has 3 rings (SSSR count). The first kappa shape index (κ1) is 14.0. The van der Waals surface area contributed by atoms with Crippen LogP contribution in [0, 0.1) is 17.6 Å². The number of aliphatic hydroxyl groups is 1. The summed E-state index contributed by atoms with van der Waals surface area (Å²) >= 11 is 0. The zero-order chi connectivity index (χ0) is 14.3. The van der Waals surface area contributed by atoms with Crippen molar-refractivity contribution in [1.82, 2.24) is 4.90 Å². The summed E-state index contributed by atoms with van der Waals surface area (Å²) in [6.45, 7) is 0. The van der Waals surface area contributed by atoms with Crippen LogP contribution in [-0.2, 0) is 0 Å². The second-order valence-corrected chi connectivity index (χ2v) is 6.31. The summed E-state index contributed by atoms with van der Waals surface area (Å²) in [5, 5.41) is 10.2. The fraction of sp³-hybridized carbons (Fsp3) is 0.625. The number of rotatable bonds is 3. The molecule has 0 amide bonds. The highest BCUT2D eigenvalue weighted by molar-refractivity contribution is 5.20. The molecule has 2 aliphatic heterocycles. The number of piperidine rings is 1. The fourth-order valence-corrected chi connectivity index (χ4v) is 3.89. The lowest BCUT2D eigenvalue weighted by molar-refractivity contribution is 0.0834. The van der Waals surface area contributed by atoms with Crippen LogP contribution >= 0.6 is 0 Å². The highest BCUT2D eigenvalue weighted by Crippen LogP contribution is 2.40. The average molecular weight is 281 g/mol. The van der Waals surface area contributed by atoms with Crippen molar-refractivity contribution in [3.63, 3.8) is 0 Å². The van der Waals surface area contributed by atoms with Gasteiger partial charge in [0.2, 0.25) is 0 Å². The van der Waals surface area contributed by atoms with E-state index < -0.39 is 17.7 Å². The Kier molecular flexibility index (Phi) is 3.78. The third kappa shape index (κ3) is 2.59. The van der Waals surface area contributed by atoms with Gasteiger partial charge in [0, 0.05) is 12.1 Å². The van der Waals surface area contributed by atoms with Gasteiger partial charge in [-0.1, -0.05) is 6.07 Å². The number of aliphatic hydroxyl groups excluding tert-OH is 1. The number of fused-ring (bicyclic) bond motifs is 2. The Labute approximate surface area is 118 Å². The first-order valence-corrected chi connectivity index (χ1v) is 7.39. The maximum Gasteiger partial charge on any atom is 0.159 e. The lowest BCUT2D eigenvalue weighted by atomic mass is 9.85. The Morgan fingerprint density at radius 3 is 2.45 bits per heavy atom. The number of nitrogens with zero attached hydrogens (tertiary/aromatic N) is 1. The van der Waals surface area contributed by atoms with Gasteiger partial charge in [0.25, 0.3) is 0 Å². The predicted octanol–water partition coefficient (Wildman–Crippen LogP) is 3.26. The lowest BCUT2D eigenvalue weighted by Crippen LogP contribution is -2.40. The first-order chi connectivity index (χ1) is 9.54. The molecule has 2 nitrogen and oxygen atoms in total. The van der Waals surface area contributed by atoms with Gasteiger partial charge in [-0.25, -0.2) is 8.78 Å². The van der Waals surface area contributed by atoms with Gasteiger partial charge in [0.15, 0.2) is 11.6 Å². The molecule has 1 aromatic carbocycles. The van der Waals surface area contributed by atoms with E-state index in [1.54, 1.807) is 0 Å². The summed E-state index contributed by atoms with van der Waals surface area (Å²) in [7, 11) is 2.18. The molecule has 1 aromatic rings. The van der Waals surface area contributed by atoms with Gasteiger partial charge in [-0.15, -0.1) is 0 Å². The van der Waals surface area contributed by atoms with Crippen LogP contribution in [0.1, 0.15) is 43.8 Å². The molecular weight excluding hydrogens is 260 g/mol. The molecular formula is C16H21F2NO. The van der Waals surface area contributed by atoms with Crippen molar-refractivity contribution < 1.29 is 13.9 Å². The minimum absolute atomic E-state index is 0.479. The van der Waals surface area contributed by atoms with Gasteiger partial charge >= 0.3 is 0 Å². The lowest BCUT2D eigenvalue weighted by Gasteiger charge is -2.37. The fourth-order valence-electron chi connectivity index (χ4n) is 3.89. The second kappa shape index (κ2) is 5.41. The molecule has 3 unspecified atom stereocenters. The molecule has 4 heteroatoms. The van der Waals surface area contributed by atoms with Crippen LogP contribution in [0.2, 0.25) is 0 Å². The highest BCUT2D eigenvalue weighted by Gasteiger charge is 2.38. The largest absolute Gasteiger partial charge is 0.388 e. The molecule has 2 aliphatic rings. The van der Waals surface area contributed by atoms with Crippen molar-refractivity contribution in [3.8, 4) is 0 Å². The van der Waals surface area contributed by atoms with Gasteiger partial charge in [-0.3, -0.25) is 0 Å². The van der Waals surface area contributed by atoms with Gasteiger partial charge in [-0.2, -0.15) is 0 Å². The summed E-state index contributed by atoms with van der Waals surface area (Å²) in [6.07, 6.45) is 4.66. The summed E-state index contributed by atoms with van der Waals surface area (Å²) in [4.78, 5) is 2.46. The molecule has 110 valence electrons. The monoisotopic (exact) mass is 281 g/mol. The Hall–Kier alpha value is -1.00. The Bertz CT molecular complexity index is 479. The van der Waals surface area contributed by atoms with Crippen LogP contribution in [0.25, 0.3) is 0 Å². The SMILES string of the molecule is CN1C2CCC1CC(CC(O)c1ccc(F)c(F)c1)C2. The summed E-state index contributed by atoms with van der Waals surface area (Å²) in [5.41, 5.74) is 0.482. The quantitative estimate of drug-likeness (QED) is 0.919. The van der Waals surface area contributed by atoms with E-state index in [2.05, 4.69) is 11.9 Å². The summed E-state index contributed by atoms with van der Waals surface area (Å²) in [6, 6.07) is 4.95. The standard InChI is InChI=1S/C16H21F2NO/c1-19-12-3-4-13(19)7-10(6-12)8-16(20)11-2-5-14(17)15(18)9-11/h2,5,9-10,12-13,16,20H,3-4,6-8H2,1H3. The van der Waals surface area contributed by atoms with Gasteiger partial charge in [-0.05, 0) is 62.8 Å². The molecule has 2 fully saturated rings. The molecule has 2 bridgehead atoms. The van der Waals surface area contributed by atoms with Crippen LogP contribution in [-0.4, -0.2) is 29.1 Å². The van der Waals surface area contributed by atoms with E-state index in [4.69, 9.17) is 0 Å². The second-order valence-electron chi connectivity index (χ2n) is 6.31. The molecule has 2 saturated heterocycles. The van der Waals surface area contributed by atoms with Crippen LogP contribution < -0.4 is 0 Å². The average Bonchev–Trinajstić information content (AvgIpc) is 2.64. The number of benzene rings is 1. The van der Waals surface area contributed by atoms with Crippen LogP contribution in [0.15, 0.2) is 18.2 Å². The summed E-state index contributed by atoms with van der Waals surface area (Å²) in [5.74, 6) is -1.27. The zero-order valence-corrected chi connectivity index (χ0v) is 11.7. The van der Waals surface area contributed by atoms with E-state index in [1.165, 1.54) is 18.9 Å². The van der Waals surface area contributed by atoms with Crippen molar-refractivity contribution >= 4 is 0 Å². The Morgan fingerprint density at radius 1 is 1.20 bits per heavy atom. The van der Waals surface area contributed by atoms with Crippen molar-refractivity contribution in [2.24, 2.45) is 5.92 Å². The maximum atomic E-state index is 13.2. The van der Waals surface area contributed by atoms with Crippen molar-refractivity contribution in [3.05, 3.63) is 35.4 Å². The van der Waals surface area contributed by atoms with E-state index in [0.717, 1.165) is 25.0 Å². The van der Waals surface area contributed by atoms with Crippen molar-refractivity contribution in [2.75, 3.05) is 7.05 Å². The maximum absolute atomic E-state index is 13.2. The highest BCUT2D eigenvalue weighted by atomic mass is 19.2. The first-order valence-electron chi connectivity index (χ1n) is 7.39. The minimum atomic E-state index is -0.884. The van der Waals surface area contributed by atoms with Crippen molar-refractivity contribution in [1.29, 1.82) is 0 Å². The van der Waals surface area contributed by atoms with E-state index in [9.17, 15) is 13.9 Å². The Balaban J connectivity index is 1.64. The van der Waals surface area contributed by atoms with Crippen LogP contribution in [0.4, 0.5) is 8.78 Å². The van der Waals surface area contributed by atoms with Crippen molar-refractivity contribution in [2.45, 2.75) is 50.3 Å². The minimum Gasteiger partial charge on any atom is -0.388 e. The molecule has 0 aromatic heterocycles. The van der Waals surface area contributed by atoms with E-state index in [0.29, 0.717) is 30.0 Å². The molecule has 3 atom stereocenters. The van der Waals surface area contributed by atoms with Gasteiger partial charge in [0.05, 0.1) is 6.10 Å². The Morgan fingerprint density at radius 2 is 1.85 bits per heavy atom. The van der Waals surface area contributed by atoms with E-state index in [-0.39, 0.29) is 0 Å². The molecule has 20 heavy (non-hydrogen) atoms. The molecule has 0 aliphatic carbocycles. The molecule has 0 radical (unpaired) electrons. The van der Waals surface area contributed by atoms with E-state index in [1.807, 2.05) is 0 Å². The molecule has 0 saturated carbocycles. The number of hydrogen-bond acceptors (Lipinski definition) is 2. The summed E-state index contributed by atoms with van der Waals surface area (Å²) < 4.78 is 26.1. The van der Waals surface area contributed by atoms with E-state index >= 15 is 0 Å². The molecule has 1 N–H and O–H groups in total.